The Morgan fingerprint density at radius 1 is 1.44 bits per heavy atom. The van der Waals surface area contributed by atoms with E-state index in [4.69, 9.17) is 4.74 Å². The smallest absolute Gasteiger partial charge is 0.152 e. The second kappa shape index (κ2) is 5.02. The molecular formula is C14H17BrN2O. The fourth-order valence-corrected chi connectivity index (χ4v) is 3.31. The first-order valence-corrected chi connectivity index (χ1v) is 7.18. The van der Waals surface area contributed by atoms with E-state index in [0.29, 0.717) is 5.92 Å². The zero-order valence-corrected chi connectivity index (χ0v) is 12.0. The number of methoxy groups -OCH3 is 1. The highest BCUT2D eigenvalue weighted by Gasteiger charge is 2.29. The third kappa shape index (κ3) is 2.19. The molecule has 2 heterocycles. The maximum atomic E-state index is 5.31. The number of nitrogens with zero attached hydrogens (tertiary/aromatic N) is 1. The Morgan fingerprint density at radius 3 is 3.17 bits per heavy atom. The van der Waals surface area contributed by atoms with Crippen molar-refractivity contribution < 1.29 is 4.74 Å². The van der Waals surface area contributed by atoms with E-state index >= 15 is 0 Å². The van der Waals surface area contributed by atoms with E-state index in [1.807, 2.05) is 6.20 Å². The summed E-state index contributed by atoms with van der Waals surface area (Å²) in [5.74, 6) is 2.34. The summed E-state index contributed by atoms with van der Waals surface area (Å²) in [6, 6.07) is 2.08. The summed E-state index contributed by atoms with van der Waals surface area (Å²) < 4.78 is 6.08. The minimum absolute atomic E-state index is 0.698. The predicted octanol–water partition coefficient (Wildman–Crippen LogP) is 2.87. The molecule has 0 bridgehead atoms. The molecule has 0 amide bonds. The summed E-state index contributed by atoms with van der Waals surface area (Å²) in [6.45, 7) is 2.30. The van der Waals surface area contributed by atoms with Crippen LogP contribution >= 0.6 is 15.9 Å². The molecule has 1 saturated heterocycles. The van der Waals surface area contributed by atoms with Crippen LogP contribution in [0.25, 0.3) is 5.57 Å². The van der Waals surface area contributed by atoms with Crippen LogP contribution in [-0.2, 0) is 0 Å². The van der Waals surface area contributed by atoms with Crippen LogP contribution in [0.1, 0.15) is 18.4 Å². The highest BCUT2D eigenvalue weighted by molar-refractivity contribution is 9.10. The topological polar surface area (TPSA) is 34.1 Å². The molecule has 0 saturated carbocycles. The standard InChI is InChI=1S/C14H17BrN2O/c1-18-13-5-12(8-17-14(13)15)9-2-3-10-6-16-7-11(10)4-9/h4-5,8,10-11,16H,2-3,6-7H2,1H3/t10-,11+/m1/s1. The van der Waals surface area contributed by atoms with Crippen molar-refractivity contribution in [2.24, 2.45) is 11.8 Å². The summed E-state index contributed by atoms with van der Waals surface area (Å²) in [6.07, 6.45) is 6.79. The number of fused-ring (bicyclic) bond motifs is 1. The maximum absolute atomic E-state index is 5.31. The molecule has 3 rings (SSSR count). The van der Waals surface area contributed by atoms with Gasteiger partial charge in [-0.1, -0.05) is 6.08 Å². The molecule has 0 radical (unpaired) electrons. The van der Waals surface area contributed by atoms with E-state index in [2.05, 4.69) is 38.4 Å². The van der Waals surface area contributed by atoms with Crippen LogP contribution in [0.2, 0.25) is 0 Å². The van der Waals surface area contributed by atoms with Gasteiger partial charge in [0.25, 0.3) is 0 Å². The molecule has 0 aromatic carbocycles. The van der Waals surface area contributed by atoms with Crippen LogP contribution < -0.4 is 10.1 Å². The zero-order valence-electron chi connectivity index (χ0n) is 10.4. The maximum Gasteiger partial charge on any atom is 0.152 e. The molecule has 0 spiro atoms. The molecule has 1 N–H and O–H groups in total. The largest absolute Gasteiger partial charge is 0.494 e. The van der Waals surface area contributed by atoms with Crippen LogP contribution in [-0.4, -0.2) is 25.2 Å². The number of aromatic nitrogens is 1. The van der Waals surface area contributed by atoms with Crippen molar-refractivity contribution >= 4 is 21.5 Å². The average Bonchev–Trinajstić information content (AvgIpc) is 2.86. The first-order valence-electron chi connectivity index (χ1n) is 6.39. The number of nitrogens with one attached hydrogen (secondary N) is 1. The van der Waals surface area contributed by atoms with Crippen LogP contribution in [0.5, 0.6) is 5.75 Å². The van der Waals surface area contributed by atoms with E-state index < -0.39 is 0 Å². The molecule has 96 valence electrons. The molecule has 2 atom stereocenters. The average molecular weight is 309 g/mol. The van der Waals surface area contributed by atoms with Gasteiger partial charge in [0, 0.05) is 12.7 Å². The summed E-state index contributed by atoms with van der Waals surface area (Å²) in [5.41, 5.74) is 2.61. The predicted molar refractivity (Wildman–Crippen MR) is 75.5 cm³/mol. The first-order chi connectivity index (χ1) is 8.78. The van der Waals surface area contributed by atoms with Gasteiger partial charge in [0.05, 0.1) is 7.11 Å². The van der Waals surface area contributed by atoms with E-state index in [1.54, 1.807) is 7.11 Å². The number of rotatable bonds is 2. The highest BCUT2D eigenvalue weighted by atomic mass is 79.9. The summed E-state index contributed by atoms with van der Waals surface area (Å²) in [5, 5.41) is 3.48. The molecule has 1 aliphatic carbocycles. The van der Waals surface area contributed by atoms with Gasteiger partial charge in [-0.2, -0.15) is 0 Å². The molecule has 2 aliphatic rings. The van der Waals surface area contributed by atoms with Crippen molar-refractivity contribution in [2.45, 2.75) is 12.8 Å². The minimum atomic E-state index is 0.698. The first kappa shape index (κ1) is 12.2. The second-order valence-electron chi connectivity index (χ2n) is 5.03. The van der Waals surface area contributed by atoms with E-state index in [1.165, 1.54) is 24.1 Å². The van der Waals surface area contributed by atoms with Crippen molar-refractivity contribution in [3.05, 3.63) is 28.5 Å². The van der Waals surface area contributed by atoms with Crippen LogP contribution in [0.15, 0.2) is 22.9 Å². The van der Waals surface area contributed by atoms with Gasteiger partial charge in [-0.05, 0) is 64.4 Å². The van der Waals surface area contributed by atoms with Gasteiger partial charge >= 0.3 is 0 Å². The van der Waals surface area contributed by atoms with Crippen LogP contribution in [0.3, 0.4) is 0 Å². The van der Waals surface area contributed by atoms with Gasteiger partial charge in [0.1, 0.15) is 4.60 Å². The Kier molecular flexibility index (Phi) is 3.39. The van der Waals surface area contributed by atoms with Crippen molar-refractivity contribution in [2.75, 3.05) is 20.2 Å². The molecule has 1 fully saturated rings. The molecule has 0 unspecified atom stereocenters. The molecule has 3 nitrogen and oxygen atoms in total. The summed E-state index contributed by atoms with van der Waals surface area (Å²) in [4.78, 5) is 4.35. The van der Waals surface area contributed by atoms with Crippen molar-refractivity contribution in [3.8, 4) is 5.75 Å². The number of hydrogen-bond donors (Lipinski definition) is 1. The monoisotopic (exact) mass is 308 g/mol. The zero-order chi connectivity index (χ0) is 12.5. The fraction of sp³-hybridized carbons (Fsp3) is 0.500. The third-order valence-corrected chi connectivity index (χ3v) is 4.58. The quantitative estimate of drug-likeness (QED) is 0.853. The number of pyridine rings is 1. The van der Waals surface area contributed by atoms with Crippen LogP contribution in [0, 0.1) is 11.8 Å². The van der Waals surface area contributed by atoms with Crippen LogP contribution in [0.4, 0.5) is 0 Å². The summed E-state index contributed by atoms with van der Waals surface area (Å²) in [7, 11) is 1.68. The Morgan fingerprint density at radius 2 is 2.33 bits per heavy atom. The van der Waals surface area contributed by atoms with Gasteiger partial charge in [-0.15, -0.1) is 0 Å². The van der Waals surface area contributed by atoms with E-state index in [-0.39, 0.29) is 0 Å². The Hall–Kier alpha value is -0.870. The SMILES string of the molecule is COc1cc(C2=C[C@H]3CNC[C@H]3CC2)cnc1Br. The lowest BCUT2D eigenvalue weighted by Gasteiger charge is -2.23. The fourth-order valence-electron chi connectivity index (χ4n) is 2.93. The highest BCUT2D eigenvalue weighted by Crippen LogP contribution is 2.37. The lowest BCUT2D eigenvalue weighted by atomic mass is 9.81. The van der Waals surface area contributed by atoms with Gasteiger partial charge in [0.2, 0.25) is 0 Å². The number of allylic oxidation sites excluding steroid dienone is 1. The van der Waals surface area contributed by atoms with E-state index in [9.17, 15) is 0 Å². The molecule has 18 heavy (non-hydrogen) atoms. The number of halogens is 1. The van der Waals surface area contributed by atoms with Gasteiger partial charge in [-0.25, -0.2) is 4.98 Å². The van der Waals surface area contributed by atoms with Crippen molar-refractivity contribution in [1.29, 1.82) is 0 Å². The Bertz CT molecular complexity index is 487. The third-order valence-electron chi connectivity index (χ3n) is 3.99. The summed E-state index contributed by atoms with van der Waals surface area (Å²) >= 11 is 3.39. The minimum Gasteiger partial charge on any atom is -0.494 e. The van der Waals surface area contributed by atoms with E-state index in [0.717, 1.165) is 29.2 Å². The Balaban J connectivity index is 1.90. The normalized spacial score (nSPS) is 26.7. The van der Waals surface area contributed by atoms with Gasteiger partial charge in [0.15, 0.2) is 5.75 Å². The van der Waals surface area contributed by atoms with Gasteiger partial charge < -0.3 is 10.1 Å². The molecule has 4 heteroatoms. The van der Waals surface area contributed by atoms with Crippen molar-refractivity contribution in [1.82, 2.24) is 10.3 Å². The number of hydrogen-bond acceptors (Lipinski definition) is 3. The lowest BCUT2D eigenvalue weighted by molar-refractivity contribution is 0.409. The molecule has 1 aliphatic heterocycles. The molecular weight excluding hydrogens is 292 g/mol. The van der Waals surface area contributed by atoms with Crippen molar-refractivity contribution in [3.63, 3.8) is 0 Å². The Labute approximate surface area is 116 Å². The molecule has 1 aromatic heterocycles. The lowest BCUT2D eigenvalue weighted by Crippen LogP contribution is -2.15. The second-order valence-corrected chi connectivity index (χ2v) is 5.78. The molecule has 1 aromatic rings. The number of ether oxygens (including phenoxy) is 1. The van der Waals surface area contributed by atoms with Gasteiger partial charge in [-0.3, -0.25) is 0 Å².